The number of hydrogen-bond donors (Lipinski definition) is 1. The molecular weight excluding hydrogens is 286 g/mol. The molecule has 0 aliphatic rings. The van der Waals surface area contributed by atoms with E-state index in [1.807, 2.05) is 56.7 Å². The molecule has 0 spiro atoms. The minimum absolute atomic E-state index is 0.0582. The lowest BCUT2D eigenvalue weighted by molar-refractivity contribution is 0.0954. The van der Waals surface area contributed by atoms with E-state index in [0.717, 1.165) is 34.6 Å². The smallest absolute Gasteiger partial charge is 0.253 e. The Morgan fingerprint density at radius 1 is 1.09 bits per heavy atom. The second-order valence-electron chi connectivity index (χ2n) is 5.96. The summed E-state index contributed by atoms with van der Waals surface area (Å²) in [5.41, 5.74) is 1.40. The zero-order chi connectivity index (χ0) is 16.2. The molecule has 1 aromatic heterocycles. The summed E-state index contributed by atoms with van der Waals surface area (Å²) in [5.74, 6) is -0.0582. The minimum atomic E-state index is -0.0582. The summed E-state index contributed by atoms with van der Waals surface area (Å²) in [6, 6.07) is 13.9. The Kier molecular flexibility index (Phi) is 4.53. The number of amides is 1. The van der Waals surface area contributed by atoms with Crippen LogP contribution in [0.2, 0.25) is 0 Å². The fourth-order valence-electron chi connectivity index (χ4n) is 2.76. The monoisotopic (exact) mass is 307 g/mol. The number of aromatic nitrogens is 1. The number of nitrogens with one attached hydrogen (secondary N) is 1. The van der Waals surface area contributed by atoms with Crippen LogP contribution in [0.3, 0.4) is 0 Å². The number of benzene rings is 2. The van der Waals surface area contributed by atoms with Gasteiger partial charge in [0, 0.05) is 23.5 Å². The maximum Gasteiger partial charge on any atom is 0.253 e. The molecule has 4 nitrogen and oxygen atoms in total. The van der Waals surface area contributed by atoms with Crippen LogP contribution in [0.5, 0.6) is 0 Å². The SMILES string of the molecule is CN(C)CCCNC(=O)c1cccc2c1ncc1ccccc12. The summed E-state index contributed by atoms with van der Waals surface area (Å²) in [5, 5.41) is 6.22. The molecule has 0 saturated carbocycles. The van der Waals surface area contributed by atoms with Crippen LogP contribution >= 0.6 is 0 Å². The van der Waals surface area contributed by atoms with E-state index in [1.54, 1.807) is 0 Å². The van der Waals surface area contributed by atoms with E-state index < -0.39 is 0 Å². The van der Waals surface area contributed by atoms with Crippen LogP contribution in [-0.2, 0) is 0 Å². The number of rotatable bonds is 5. The molecule has 3 rings (SSSR count). The topological polar surface area (TPSA) is 45.2 Å². The summed E-state index contributed by atoms with van der Waals surface area (Å²) in [7, 11) is 4.06. The van der Waals surface area contributed by atoms with Gasteiger partial charge in [-0.2, -0.15) is 0 Å². The highest BCUT2D eigenvalue weighted by molar-refractivity contribution is 6.13. The maximum absolute atomic E-state index is 12.5. The number of nitrogens with zero attached hydrogens (tertiary/aromatic N) is 2. The molecule has 0 unspecified atom stereocenters. The van der Waals surface area contributed by atoms with Crippen LogP contribution in [0.25, 0.3) is 21.7 Å². The molecule has 0 fully saturated rings. The van der Waals surface area contributed by atoms with Crippen molar-refractivity contribution in [3.63, 3.8) is 0 Å². The first kappa shape index (κ1) is 15.4. The molecule has 0 aliphatic carbocycles. The third-order valence-electron chi connectivity index (χ3n) is 3.93. The Labute approximate surface area is 136 Å². The third-order valence-corrected chi connectivity index (χ3v) is 3.93. The minimum Gasteiger partial charge on any atom is -0.352 e. The first-order chi connectivity index (χ1) is 11.2. The Balaban J connectivity index is 1.89. The number of carbonyl (C=O) groups is 1. The molecule has 1 heterocycles. The molecule has 0 radical (unpaired) electrons. The summed E-state index contributed by atoms with van der Waals surface area (Å²) >= 11 is 0. The van der Waals surface area contributed by atoms with E-state index in [0.29, 0.717) is 12.1 Å². The summed E-state index contributed by atoms with van der Waals surface area (Å²) < 4.78 is 0. The van der Waals surface area contributed by atoms with E-state index in [9.17, 15) is 4.79 Å². The molecule has 2 aromatic carbocycles. The van der Waals surface area contributed by atoms with Crippen LogP contribution < -0.4 is 5.32 Å². The molecule has 0 bridgehead atoms. The molecular formula is C19H21N3O. The molecule has 118 valence electrons. The van der Waals surface area contributed by atoms with Gasteiger partial charge in [-0.3, -0.25) is 9.78 Å². The van der Waals surface area contributed by atoms with Gasteiger partial charge in [0.25, 0.3) is 5.91 Å². The van der Waals surface area contributed by atoms with E-state index in [-0.39, 0.29) is 5.91 Å². The highest BCUT2D eigenvalue weighted by atomic mass is 16.1. The molecule has 0 atom stereocenters. The second kappa shape index (κ2) is 6.75. The molecule has 0 saturated heterocycles. The van der Waals surface area contributed by atoms with Crippen molar-refractivity contribution in [1.82, 2.24) is 15.2 Å². The summed E-state index contributed by atoms with van der Waals surface area (Å²) in [4.78, 5) is 19.1. The third kappa shape index (κ3) is 3.32. The average molecular weight is 307 g/mol. The zero-order valence-corrected chi connectivity index (χ0v) is 13.5. The van der Waals surface area contributed by atoms with Crippen LogP contribution in [0, 0.1) is 0 Å². The number of carbonyl (C=O) groups excluding carboxylic acids is 1. The normalized spacial score (nSPS) is 11.3. The van der Waals surface area contributed by atoms with Gasteiger partial charge in [0.05, 0.1) is 11.1 Å². The van der Waals surface area contributed by atoms with Gasteiger partial charge >= 0.3 is 0 Å². The Morgan fingerprint density at radius 2 is 1.87 bits per heavy atom. The van der Waals surface area contributed by atoms with Gasteiger partial charge < -0.3 is 10.2 Å². The highest BCUT2D eigenvalue weighted by Gasteiger charge is 2.12. The molecule has 23 heavy (non-hydrogen) atoms. The summed E-state index contributed by atoms with van der Waals surface area (Å²) in [6.07, 6.45) is 2.76. The first-order valence-electron chi connectivity index (χ1n) is 7.86. The lowest BCUT2D eigenvalue weighted by atomic mass is 10.0. The Hall–Kier alpha value is -2.46. The number of hydrogen-bond acceptors (Lipinski definition) is 3. The standard InChI is InChI=1S/C19H21N3O/c1-22(2)12-6-11-20-19(23)17-10-5-9-16-15-8-4-3-7-14(15)13-21-18(16)17/h3-5,7-10,13H,6,11-12H2,1-2H3,(H,20,23). The van der Waals surface area contributed by atoms with Gasteiger partial charge in [-0.1, -0.05) is 36.4 Å². The van der Waals surface area contributed by atoms with Crippen LogP contribution in [0.4, 0.5) is 0 Å². The van der Waals surface area contributed by atoms with Gasteiger partial charge in [-0.05, 0) is 38.5 Å². The Bertz CT molecular complexity index is 842. The highest BCUT2D eigenvalue weighted by Crippen LogP contribution is 2.25. The van der Waals surface area contributed by atoms with Crippen molar-refractivity contribution in [1.29, 1.82) is 0 Å². The predicted molar refractivity (Wildman–Crippen MR) is 94.8 cm³/mol. The number of pyridine rings is 1. The van der Waals surface area contributed by atoms with E-state index >= 15 is 0 Å². The second-order valence-corrected chi connectivity index (χ2v) is 5.96. The molecule has 0 aliphatic heterocycles. The molecule has 1 N–H and O–H groups in total. The van der Waals surface area contributed by atoms with Crippen molar-refractivity contribution in [3.05, 3.63) is 54.2 Å². The fraction of sp³-hybridized carbons (Fsp3) is 0.263. The molecule has 3 aromatic rings. The zero-order valence-electron chi connectivity index (χ0n) is 13.5. The lowest BCUT2D eigenvalue weighted by Crippen LogP contribution is -2.27. The van der Waals surface area contributed by atoms with Crippen LogP contribution in [0.15, 0.2) is 48.7 Å². The maximum atomic E-state index is 12.5. The lowest BCUT2D eigenvalue weighted by Gasteiger charge is -2.11. The number of para-hydroxylation sites is 1. The predicted octanol–water partition coefficient (Wildman–Crippen LogP) is 3.07. The van der Waals surface area contributed by atoms with Gasteiger partial charge in [-0.15, -0.1) is 0 Å². The van der Waals surface area contributed by atoms with Gasteiger partial charge in [-0.25, -0.2) is 0 Å². The van der Waals surface area contributed by atoms with Crippen molar-refractivity contribution in [3.8, 4) is 0 Å². The van der Waals surface area contributed by atoms with E-state index in [4.69, 9.17) is 0 Å². The number of fused-ring (bicyclic) bond motifs is 3. The molecule has 1 amide bonds. The van der Waals surface area contributed by atoms with Gasteiger partial charge in [0.15, 0.2) is 0 Å². The van der Waals surface area contributed by atoms with Crippen molar-refractivity contribution in [2.24, 2.45) is 0 Å². The van der Waals surface area contributed by atoms with Gasteiger partial charge in [0.2, 0.25) is 0 Å². The van der Waals surface area contributed by atoms with Crippen molar-refractivity contribution >= 4 is 27.6 Å². The van der Waals surface area contributed by atoms with Crippen LogP contribution in [-0.4, -0.2) is 43.0 Å². The quantitative estimate of drug-likeness (QED) is 0.582. The Morgan fingerprint density at radius 3 is 2.70 bits per heavy atom. The van der Waals surface area contributed by atoms with Crippen molar-refractivity contribution in [2.45, 2.75) is 6.42 Å². The van der Waals surface area contributed by atoms with Crippen molar-refractivity contribution < 1.29 is 4.79 Å². The van der Waals surface area contributed by atoms with E-state index in [2.05, 4.69) is 21.3 Å². The summed E-state index contributed by atoms with van der Waals surface area (Å²) in [6.45, 7) is 1.62. The largest absolute Gasteiger partial charge is 0.352 e. The first-order valence-corrected chi connectivity index (χ1v) is 7.86. The van der Waals surface area contributed by atoms with Crippen LogP contribution in [0.1, 0.15) is 16.8 Å². The van der Waals surface area contributed by atoms with Gasteiger partial charge in [0.1, 0.15) is 0 Å². The van der Waals surface area contributed by atoms with Crippen molar-refractivity contribution in [2.75, 3.05) is 27.2 Å². The average Bonchev–Trinajstić information content (AvgIpc) is 2.57. The fourth-order valence-corrected chi connectivity index (χ4v) is 2.76. The van der Waals surface area contributed by atoms with E-state index in [1.165, 1.54) is 0 Å². The molecule has 4 heteroatoms.